The zero-order valence-electron chi connectivity index (χ0n) is 15.9. The Kier molecular flexibility index (Phi) is 3.05. The van der Waals surface area contributed by atoms with E-state index in [9.17, 15) is 0 Å². The summed E-state index contributed by atoms with van der Waals surface area (Å²) in [5.74, 6) is 0. The van der Waals surface area contributed by atoms with E-state index in [0.29, 0.717) is 0 Å². The number of aryl methyl sites for hydroxylation is 2. The molecular weight excluding hydrogens is 340 g/mol. The van der Waals surface area contributed by atoms with Crippen LogP contribution in [0, 0.1) is 6.92 Å². The van der Waals surface area contributed by atoms with Gasteiger partial charge < -0.3 is 0 Å². The SMILES string of the molecule is Cc1c(-c2cccc[n+]2C)cc2cnc3cccc4c5ccccc5c1c2c34. The normalized spacial score (nSPS) is 11.9. The first-order valence-electron chi connectivity index (χ1n) is 9.64. The summed E-state index contributed by atoms with van der Waals surface area (Å²) in [6, 6.07) is 23.9. The summed E-state index contributed by atoms with van der Waals surface area (Å²) in [6.45, 7) is 2.26. The van der Waals surface area contributed by atoms with Crippen LogP contribution in [0.1, 0.15) is 5.56 Å². The zero-order chi connectivity index (χ0) is 18.8. The summed E-state index contributed by atoms with van der Waals surface area (Å²) in [4.78, 5) is 4.80. The largest absolute Gasteiger partial charge is 0.256 e. The summed E-state index contributed by atoms with van der Waals surface area (Å²) in [6.07, 6.45) is 4.14. The maximum absolute atomic E-state index is 4.80. The molecule has 0 N–H and O–H groups in total. The minimum absolute atomic E-state index is 1.07. The second-order valence-electron chi connectivity index (χ2n) is 7.59. The molecule has 0 saturated heterocycles. The number of hydrogen-bond acceptors (Lipinski definition) is 1. The Morgan fingerprint density at radius 3 is 2.36 bits per heavy atom. The molecule has 0 aliphatic carbocycles. The number of benzene rings is 4. The van der Waals surface area contributed by atoms with Crippen molar-refractivity contribution >= 4 is 43.2 Å². The summed E-state index contributed by atoms with van der Waals surface area (Å²) in [5, 5.41) is 9.06. The van der Waals surface area contributed by atoms with E-state index in [1.807, 2.05) is 6.20 Å². The van der Waals surface area contributed by atoms with Gasteiger partial charge in [-0.05, 0) is 52.2 Å². The first-order chi connectivity index (χ1) is 13.7. The second-order valence-corrected chi connectivity index (χ2v) is 7.59. The van der Waals surface area contributed by atoms with Crippen LogP contribution in [0.2, 0.25) is 0 Å². The molecule has 4 aromatic carbocycles. The van der Waals surface area contributed by atoms with Crippen molar-refractivity contribution in [2.24, 2.45) is 7.05 Å². The molecular formula is C26H19N2+. The molecule has 0 aliphatic rings. The Hall–Kier alpha value is -3.52. The molecule has 2 nitrogen and oxygen atoms in total. The second kappa shape index (κ2) is 5.49. The maximum Gasteiger partial charge on any atom is 0.212 e. The zero-order valence-corrected chi connectivity index (χ0v) is 15.9. The van der Waals surface area contributed by atoms with Crippen LogP contribution in [0.5, 0.6) is 0 Å². The minimum Gasteiger partial charge on any atom is -0.256 e. The minimum atomic E-state index is 1.07. The molecule has 28 heavy (non-hydrogen) atoms. The molecule has 0 bridgehead atoms. The van der Waals surface area contributed by atoms with E-state index in [1.165, 1.54) is 54.5 Å². The van der Waals surface area contributed by atoms with Gasteiger partial charge in [-0.1, -0.05) is 36.4 Å². The molecule has 2 heterocycles. The standard InChI is InChI=1S/C26H19N2/c1-16-21(23-12-5-6-13-28(23)2)14-17-15-27-22-11-7-10-20-18-8-3-4-9-19(18)24(16)25(17)26(20)22/h3-15H,1-2H3/q+1. The van der Waals surface area contributed by atoms with Gasteiger partial charge in [0.05, 0.1) is 11.1 Å². The van der Waals surface area contributed by atoms with Crippen LogP contribution in [0.4, 0.5) is 0 Å². The van der Waals surface area contributed by atoms with Gasteiger partial charge in [-0.15, -0.1) is 0 Å². The predicted octanol–water partition coefficient (Wildman–Crippen LogP) is 5.93. The van der Waals surface area contributed by atoms with Crippen molar-refractivity contribution in [3.63, 3.8) is 0 Å². The number of pyridine rings is 2. The van der Waals surface area contributed by atoms with Gasteiger partial charge in [-0.25, -0.2) is 4.57 Å². The Labute approximate surface area is 163 Å². The molecule has 2 heteroatoms. The number of nitrogens with zero attached hydrogens (tertiary/aromatic N) is 2. The molecule has 6 aromatic rings. The maximum atomic E-state index is 4.80. The Morgan fingerprint density at radius 1 is 0.750 bits per heavy atom. The van der Waals surface area contributed by atoms with E-state index in [2.05, 4.69) is 91.5 Å². The molecule has 6 rings (SSSR count). The highest BCUT2D eigenvalue weighted by Gasteiger charge is 2.20. The fraction of sp³-hybridized carbons (Fsp3) is 0.0769. The monoisotopic (exact) mass is 359 g/mol. The molecule has 0 unspecified atom stereocenters. The summed E-state index contributed by atoms with van der Waals surface area (Å²) in [5.41, 5.74) is 4.87. The predicted molar refractivity (Wildman–Crippen MR) is 117 cm³/mol. The highest BCUT2D eigenvalue weighted by Crippen LogP contribution is 2.43. The van der Waals surface area contributed by atoms with Gasteiger partial charge in [0.1, 0.15) is 7.05 Å². The van der Waals surface area contributed by atoms with E-state index in [1.54, 1.807) is 0 Å². The van der Waals surface area contributed by atoms with Crippen LogP contribution >= 0.6 is 0 Å². The van der Waals surface area contributed by atoms with Gasteiger partial charge in [-0.2, -0.15) is 0 Å². The van der Waals surface area contributed by atoms with Crippen molar-refractivity contribution in [2.45, 2.75) is 6.92 Å². The van der Waals surface area contributed by atoms with E-state index < -0.39 is 0 Å². The fourth-order valence-corrected chi connectivity index (χ4v) is 4.79. The Balaban J connectivity index is 1.94. The molecule has 132 valence electrons. The van der Waals surface area contributed by atoms with Gasteiger partial charge >= 0.3 is 0 Å². The molecule has 0 amide bonds. The Bertz CT molecular complexity index is 1530. The molecule has 0 spiro atoms. The van der Waals surface area contributed by atoms with Crippen molar-refractivity contribution in [3.8, 4) is 11.3 Å². The van der Waals surface area contributed by atoms with Gasteiger partial charge in [0.25, 0.3) is 0 Å². The van der Waals surface area contributed by atoms with Crippen LogP contribution in [0.15, 0.2) is 79.1 Å². The third-order valence-electron chi connectivity index (χ3n) is 6.07. The first-order valence-corrected chi connectivity index (χ1v) is 9.64. The lowest BCUT2D eigenvalue weighted by Gasteiger charge is -2.17. The van der Waals surface area contributed by atoms with E-state index in [4.69, 9.17) is 4.98 Å². The van der Waals surface area contributed by atoms with Gasteiger partial charge in [-0.3, -0.25) is 4.98 Å². The van der Waals surface area contributed by atoms with E-state index >= 15 is 0 Å². The van der Waals surface area contributed by atoms with Crippen molar-refractivity contribution in [2.75, 3.05) is 0 Å². The molecule has 0 aliphatic heterocycles. The molecule has 0 radical (unpaired) electrons. The van der Waals surface area contributed by atoms with Crippen molar-refractivity contribution < 1.29 is 4.57 Å². The van der Waals surface area contributed by atoms with Crippen molar-refractivity contribution in [1.29, 1.82) is 0 Å². The van der Waals surface area contributed by atoms with Crippen molar-refractivity contribution in [3.05, 3.63) is 84.7 Å². The molecule has 0 fully saturated rings. The third kappa shape index (κ3) is 1.92. The third-order valence-corrected chi connectivity index (χ3v) is 6.07. The van der Waals surface area contributed by atoms with Crippen LogP contribution < -0.4 is 4.57 Å². The van der Waals surface area contributed by atoms with Crippen LogP contribution in [0.3, 0.4) is 0 Å². The molecule has 2 aromatic heterocycles. The number of hydrogen-bond donors (Lipinski definition) is 0. The van der Waals surface area contributed by atoms with Gasteiger partial charge in [0.2, 0.25) is 5.69 Å². The summed E-state index contributed by atoms with van der Waals surface area (Å²) in [7, 11) is 2.11. The fourth-order valence-electron chi connectivity index (χ4n) is 4.79. The summed E-state index contributed by atoms with van der Waals surface area (Å²) < 4.78 is 2.19. The lowest BCUT2D eigenvalue weighted by atomic mass is 9.87. The van der Waals surface area contributed by atoms with Crippen LogP contribution in [0.25, 0.3) is 54.5 Å². The molecule has 0 atom stereocenters. The lowest BCUT2D eigenvalue weighted by molar-refractivity contribution is -0.660. The van der Waals surface area contributed by atoms with Gasteiger partial charge in [0.15, 0.2) is 6.20 Å². The number of aromatic nitrogens is 2. The molecule has 0 saturated carbocycles. The number of fused-ring (bicyclic) bond motifs is 3. The first kappa shape index (κ1) is 15.5. The topological polar surface area (TPSA) is 16.8 Å². The highest BCUT2D eigenvalue weighted by atomic mass is 14.9. The quantitative estimate of drug-likeness (QED) is 0.202. The van der Waals surface area contributed by atoms with Crippen LogP contribution in [-0.2, 0) is 7.05 Å². The smallest absolute Gasteiger partial charge is 0.212 e. The average molecular weight is 359 g/mol. The average Bonchev–Trinajstić information content (AvgIpc) is 2.74. The van der Waals surface area contributed by atoms with Crippen LogP contribution in [-0.4, -0.2) is 4.98 Å². The van der Waals surface area contributed by atoms with E-state index in [0.717, 1.165) is 5.52 Å². The van der Waals surface area contributed by atoms with E-state index in [-0.39, 0.29) is 0 Å². The highest BCUT2D eigenvalue weighted by molar-refractivity contribution is 6.34. The van der Waals surface area contributed by atoms with Crippen molar-refractivity contribution in [1.82, 2.24) is 4.98 Å². The Morgan fingerprint density at radius 2 is 1.50 bits per heavy atom. The number of rotatable bonds is 1. The summed E-state index contributed by atoms with van der Waals surface area (Å²) >= 11 is 0. The van der Waals surface area contributed by atoms with Gasteiger partial charge in [0, 0.05) is 34.5 Å². The lowest BCUT2D eigenvalue weighted by Crippen LogP contribution is -2.30.